The Balaban J connectivity index is 2.03. The monoisotopic (exact) mass is 289 g/mol. The largest absolute Gasteiger partial charge is 0.259 e. The molecule has 20 heavy (non-hydrogen) atoms. The van der Waals surface area contributed by atoms with Crippen molar-refractivity contribution in [3.63, 3.8) is 0 Å². The number of rotatable bonds is 5. The second-order valence-electron chi connectivity index (χ2n) is 5.75. The Morgan fingerprint density at radius 2 is 2.05 bits per heavy atom. The van der Waals surface area contributed by atoms with E-state index in [1.54, 1.807) is 0 Å². The van der Waals surface area contributed by atoms with E-state index >= 15 is 0 Å². The van der Waals surface area contributed by atoms with Gasteiger partial charge in [-0.25, -0.2) is 0 Å². The molecule has 1 aromatic rings. The van der Waals surface area contributed by atoms with Crippen LogP contribution in [0, 0.1) is 23.2 Å². The molecule has 1 saturated carbocycles. The molecule has 2 nitrogen and oxygen atoms in total. The smallest absolute Gasteiger partial charge is 0.0668 e. The van der Waals surface area contributed by atoms with Gasteiger partial charge in [0, 0.05) is 16.6 Å². The summed E-state index contributed by atoms with van der Waals surface area (Å²) in [5.74, 6) is 1.23. The number of benzene rings is 1. The Bertz CT molecular complexity index is 480. The van der Waals surface area contributed by atoms with Crippen molar-refractivity contribution in [3.05, 3.63) is 35.9 Å². The highest BCUT2D eigenvalue weighted by atomic mass is 32.2. The van der Waals surface area contributed by atoms with Crippen LogP contribution >= 0.6 is 0 Å². The van der Waals surface area contributed by atoms with Crippen molar-refractivity contribution in [2.45, 2.75) is 50.0 Å². The topological polar surface area (TPSA) is 40.9 Å². The summed E-state index contributed by atoms with van der Waals surface area (Å²) in [6.45, 7) is 2.20. The molecule has 0 radical (unpaired) electrons. The molecule has 0 amide bonds. The highest BCUT2D eigenvalue weighted by molar-refractivity contribution is 7.84. The fourth-order valence-corrected chi connectivity index (χ4v) is 4.95. The van der Waals surface area contributed by atoms with E-state index in [2.05, 4.69) is 13.0 Å². The molecule has 3 heteroatoms. The highest BCUT2D eigenvalue weighted by Gasteiger charge is 2.34. The molecular weight excluding hydrogens is 266 g/mol. The predicted octanol–water partition coefficient (Wildman–Crippen LogP) is 4.04. The molecule has 0 aliphatic heterocycles. The number of hydrogen-bond donors (Lipinski definition) is 0. The minimum atomic E-state index is -0.934. The minimum Gasteiger partial charge on any atom is -0.259 e. The summed E-state index contributed by atoms with van der Waals surface area (Å²) in [7, 11) is -0.934. The van der Waals surface area contributed by atoms with Gasteiger partial charge < -0.3 is 0 Å². The molecule has 1 aliphatic rings. The molecule has 108 valence electrons. The van der Waals surface area contributed by atoms with Crippen molar-refractivity contribution in [1.29, 1.82) is 5.26 Å². The standard InChI is InChI=1S/C17H23NOS/c1-2-6-14-9-10-16(12-18)17(11-14)20(19)13-15-7-4-3-5-8-15/h3-5,7-8,14,16-17H,2,6,9-11,13H2,1H3. The van der Waals surface area contributed by atoms with Crippen LogP contribution < -0.4 is 0 Å². The molecule has 1 fully saturated rings. The van der Waals surface area contributed by atoms with Gasteiger partial charge in [-0.1, -0.05) is 50.1 Å². The quantitative estimate of drug-likeness (QED) is 0.820. The van der Waals surface area contributed by atoms with Gasteiger partial charge in [0.05, 0.1) is 17.2 Å². The lowest BCUT2D eigenvalue weighted by Crippen LogP contribution is -2.33. The van der Waals surface area contributed by atoms with Crippen molar-refractivity contribution in [1.82, 2.24) is 0 Å². The number of nitriles is 1. The average molecular weight is 289 g/mol. The third kappa shape index (κ3) is 3.93. The molecule has 4 atom stereocenters. The van der Waals surface area contributed by atoms with Crippen LogP contribution in [-0.4, -0.2) is 9.46 Å². The molecule has 0 N–H and O–H groups in total. The van der Waals surface area contributed by atoms with Gasteiger partial charge in [0.25, 0.3) is 0 Å². The van der Waals surface area contributed by atoms with Gasteiger partial charge >= 0.3 is 0 Å². The Morgan fingerprint density at radius 1 is 1.30 bits per heavy atom. The zero-order valence-corrected chi connectivity index (χ0v) is 12.9. The maximum Gasteiger partial charge on any atom is 0.0668 e. The van der Waals surface area contributed by atoms with E-state index < -0.39 is 10.8 Å². The van der Waals surface area contributed by atoms with Crippen molar-refractivity contribution in [2.75, 3.05) is 0 Å². The van der Waals surface area contributed by atoms with Gasteiger partial charge in [-0.05, 0) is 30.7 Å². The fourth-order valence-electron chi connectivity index (χ4n) is 3.17. The van der Waals surface area contributed by atoms with Crippen LogP contribution in [0.3, 0.4) is 0 Å². The molecule has 0 bridgehead atoms. The molecule has 4 unspecified atom stereocenters. The van der Waals surface area contributed by atoms with Crippen LogP contribution in [0.25, 0.3) is 0 Å². The van der Waals surface area contributed by atoms with Crippen molar-refractivity contribution >= 4 is 10.8 Å². The van der Waals surface area contributed by atoms with Crippen molar-refractivity contribution < 1.29 is 4.21 Å². The molecule has 0 heterocycles. The van der Waals surface area contributed by atoms with Gasteiger partial charge in [-0.2, -0.15) is 5.26 Å². The Kier molecular flexibility index (Phi) is 5.79. The molecule has 0 aromatic heterocycles. The molecular formula is C17H23NOS. The number of nitrogens with zero attached hydrogens (tertiary/aromatic N) is 1. The SMILES string of the molecule is CCCC1CCC(C#N)C(S(=O)Cc2ccccc2)C1. The van der Waals surface area contributed by atoms with Crippen LogP contribution in [0.1, 0.15) is 44.6 Å². The summed E-state index contributed by atoms with van der Waals surface area (Å²) in [6.07, 6.45) is 5.40. The van der Waals surface area contributed by atoms with E-state index in [-0.39, 0.29) is 11.2 Å². The Hall–Kier alpha value is -1.14. The molecule has 0 spiro atoms. The third-order valence-electron chi connectivity index (χ3n) is 4.25. The predicted molar refractivity (Wildman–Crippen MR) is 83.4 cm³/mol. The minimum absolute atomic E-state index is 0.0207. The molecule has 2 rings (SSSR count). The van der Waals surface area contributed by atoms with Crippen LogP contribution in [-0.2, 0) is 16.6 Å². The second-order valence-corrected chi connectivity index (χ2v) is 7.41. The van der Waals surface area contributed by atoms with E-state index in [4.69, 9.17) is 0 Å². The Labute approximate surface area is 124 Å². The second kappa shape index (κ2) is 7.59. The fraction of sp³-hybridized carbons (Fsp3) is 0.588. The highest BCUT2D eigenvalue weighted by Crippen LogP contribution is 2.35. The van der Waals surface area contributed by atoms with Gasteiger partial charge in [-0.3, -0.25) is 4.21 Å². The zero-order chi connectivity index (χ0) is 14.4. The summed E-state index contributed by atoms with van der Waals surface area (Å²) in [5, 5.41) is 9.37. The Morgan fingerprint density at radius 3 is 2.70 bits per heavy atom. The maximum atomic E-state index is 12.6. The van der Waals surface area contributed by atoms with Crippen LogP contribution in [0.2, 0.25) is 0 Å². The lowest BCUT2D eigenvalue weighted by Gasteiger charge is -2.32. The first-order chi connectivity index (χ1) is 9.74. The zero-order valence-electron chi connectivity index (χ0n) is 12.1. The summed E-state index contributed by atoms with van der Waals surface area (Å²) >= 11 is 0. The average Bonchev–Trinajstić information content (AvgIpc) is 2.48. The van der Waals surface area contributed by atoms with Gasteiger partial charge in [0.2, 0.25) is 0 Å². The molecule has 0 saturated heterocycles. The number of hydrogen-bond acceptors (Lipinski definition) is 2. The normalized spacial score (nSPS) is 27.7. The summed E-state index contributed by atoms with van der Waals surface area (Å²) in [5.41, 5.74) is 1.11. The van der Waals surface area contributed by atoms with Crippen LogP contribution in [0.15, 0.2) is 30.3 Å². The van der Waals surface area contributed by atoms with E-state index in [9.17, 15) is 9.47 Å². The molecule has 1 aromatic carbocycles. The first-order valence-corrected chi connectivity index (χ1v) is 8.93. The first kappa shape index (κ1) is 15.3. The van der Waals surface area contributed by atoms with Crippen molar-refractivity contribution in [3.8, 4) is 6.07 Å². The summed E-state index contributed by atoms with van der Waals surface area (Å²) in [4.78, 5) is 0. The third-order valence-corrected chi connectivity index (χ3v) is 6.07. The maximum absolute atomic E-state index is 12.6. The lowest BCUT2D eigenvalue weighted by atomic mass is 9.80. The van der Waals surface area contributed by atoms with E-state index in [0.29, 0.717) is 11.7 Å². The van der Waals surface area contributed by atoms with Crippen molar-refractivity contribution in [2.24, 2.45) is 11.8 Å². The lowest BCUT2D eigenvalue weighted by molar-refractivity contribution is 0.303. The molecule has 1 aliphatic carbocycles. The van der Waals surface area contributed by atoms with Crippen LogP contribution in [0.5, 0.6) is 0 Å². The van der Waals surface area contributed by atoms with Gasteiger partial charge in [0.15, 0.2) is 0 Å². The van der Waals surface area contributed by atoms with Crippen LogP contribution in [0.4, 0.5) is 0 Å². The van der Waals surface area contributed by atoms with Gasteiger partial charge in [-0.15, -0.1) is 0 Å². The van der Waals surface area contributed by atoms with E-state index in [1.807, 2.05) is 30.3 Å². The first-order valence-electron chi connectivity index (χ1n) is 7.55. The van der Waals surface area contributed by atoms with E-state index in [0.717, 1.165) is 24.8 Å². The van der Waals surface area contributed by atoms with Gasteiger partial charge in [0.1, 0.15) is 0 Å². The summed E-state index contributed by atoms with van der Waals surface area (Å²) in [6, 6.07) is 12.4. The summed E-state index contributed by atoms with van der Waals surface area (Å²) < 4.78 is 12.6. The van der Waals surface area contributed by atoms with E-state index in [1.165, 1.54) is 12.8 Å².